The summed E-state index contributed by atoms with van der Waals surface area (Å²) in [6.07, 6.45) is 0. The zero-order valence-electron chi connectivity index (χ0n) is 6.28. The van der Waals surface area contributed by atoms with Crippen LogP contribution >= 0.6 is 0 Å². The van der Waals surface area contributed by atoms with Crippen molar-refractivity contribution in [3.05, 3.63) is 30.2 Å². The molecule has 0 amide bonds. The average Bonchev–Trinajstić information content (AvgIpc) is 2.50. The van der Waals surface area contributed by atoms with Crippen molar-refractivity contribution in [1.82, 2.24) is 0 Å². The summed E-state index contributed by atoms with van der Waals surface area (Å²) in [5.74, 6) is -0.632. The Morgan fingerprint density at radius 1 is 1.58 bits per heavy atom. The van der Waals surface area contributed by atoms with Gasteiger partial charge in [-0.3, -0.25) is 0 Å². The van der Waals surface area contributed by atoms with Crippen LogP contribution in [0.1, 0.15) is 11.5 Å². The highest BCUT2D eigenvalue weighted by Crippen LogP contribution is 2.15. The van der Waals surface area contributed by atoms with Crippen LogP contribution in [0.5, 0.6) is 0 Å². The first-order valence-corrected chi connectivity index (χ1v) is 3.27. The van der Waals surface area contributed by atoms with Gasteiger partial charge in [-0.2, -0.15) is 0 Å². The lowest BCUT2D eigenvalue weighted by Crippen LogP contribution is -1.96. The van der Waals surface area contributed by atoms with E-state index in [2.05, 4.69) is 6.58 Å². The van der Waals surface area contributed by atoms with Crippen LogP contribution < -0.4 is 0 Å². The molecule has 0 aliphatic carbocycles. The molecule has 0 aromatic carbocycles. The molecule has 0 aliphatic heterocycles. The molecule has 0 unspecified atom stereocenters. The van der Waals surface area contributed by atoms with Crippen LogP contribution in [-0.4, -0.2) is 16.2 Å². The van der Waals surface area contributed by atoms with E-state index in [-0.39, 0.29) is 17.9 Å². The van der Waals surface area contributed by atoms with Crippen LogP contribution in [-0.2, 0) is 11.4 Å². The second kappa shape index (κ2) is 3.23. The molecule has 0 atom stereocenters. The number of furan rings is 1. The van der Waals surface area contributed by atoms with Crippen molar-refractivity contribution in [2.45, 2.75) is 6.61 Å². The Morgan fingerprint density at radius 2 is 2.25 bits per heavy atom. The number of rotatable bonds is 3. The molecule has 4 heteroatoms. The number of carboxylic acids is 1. The molecule has 1 heterocycles. The number of hydrogen-bond acceptors (Lipinski definition) is 3. The normalized spacial score (nSPS) is 9.75. The molecule has 0 spiro atoms. The lowest BCUT2D eigenvalue weighted by molar-refractivity contribution is -0.130. The van der Waals surface area contributed by atoms with Crippen LogP contribution in [0.3, 0.4) is 0 Å². The van der Waals surface area contributed by atoms with Crippen molar-refractivity contribution in [2.75, 3.05) is 0 Å². The molecule has 1 aromatic heterocycles. The molecule has 0 saturated carbocycles. The summed E-state index contributed by atoms with van der Waals surface area (Å²) in [4.78, 5) is 10.4. The van der Waals surface area contributed by atoms with Crippen molar-refractivity contribution < 1.29 is 19.4 Å². The zero-order chi connectivity index (χ0) is 9.14. The predicted molar refractivity (Wildman–Crippen MR) is 41.3 cm³/mol. The van der Waals surface area contributed by atoms with Crippen LogP contribution in [0.4, 0.5) is 0 Å². The van der Waals surface area contributed by atoms with E-state index >= 15 is 0 Å². The molecule has 2 N–H and O–H groups in total. The maximum atomic E-state index is 10.4. The first-order valence-electron chi connectivity index (χ1n) is 3.27. The number of carbonyl (C=O) groups is 1. The Hall–Kier alpha value is -1.55. The SMILES string of the molecule is C=C(C(=O)O)c1ccc(CO)o1. The van der Waals surface area contributed by atoms with Gasteiger partial charge in [0.05, 0.1) is 5.57 Å². The van der Waals surface area contributed by atoms with Gasteiger partial charge in [-0.05, 0) is 12.1 Å². The van der Waals surface area contributed by atoms with E-state index in [1.807, 2.05) is 0 Å². The van der Waals surface area contributed by atoms with Crippen LogP contribution in [0.25, 0.3) is 5.57 Å². The van der Waals surface area contributed by atoms with E-state index in [1.54, 1.807) is 0 Å². The van der Waals surface area contributed by atoms with Crippen LogP contribution in [0, 0.1) is 0 Å². The molecule has 0 aliphatic rings. The van der Waals surface area contributed by atoms with Gasteiger partial charge < -0.3 is 14.6 Å². The summed E-state index contributed by atoms with van der Waals surface area (Å²) < 4.78 is 4.93. The molecule has 1 aromatic rings. The fraction of sp³-hybridized carbons (Fsp3) is 0.125. The number of aliphatic hydroxyl groups is 1. The highest BCUT2D eigenvalue weighted by Gasteiger charge is 2.10. The summed E-state index contributed by atoms with van der Waals surface area (Å²) in [7, 11) is 0. The van der Waals surface area contributed by atoms with Gasteiger partial charge in [0, 0.05) is 0 Å². The molecular formula is C8H8O4. The standard InChI is InChI=1S/C8H8O4/c1-5(8(10)11)7-3-2-6(4-9)12-7/h2-3,9H,1,4H2,(H,10,11). The average molecular weight is 168 g/mol. The maximum Gasteiger partial charge on any atom is 0.338 e. The number of hydrogen-bond donors (Lipinski definition) is 2. The minimum Gasteiger partial charge on any atom is -0.478 e. The van der Waals surface area contributed by atoms with Crippen molar-refractivity contribution in [2.24, 2.45) is 0 Å². The van der Waals surface area contributed by atoms with Gasteiger partial charge in [0.2, 0.25) is 0 Å². The number of carboxylic acid groups (broad SMARTS) is 1. The highest BCUT2D eigenvalue weighted by atomic mass is 16.4. The second-order valence-electron chi connectivity index (χ2n) is 2.21. The van der Waals surface area contributed by atoms with Gasteiger partial charge in [-0.25, -0.2) is 4.79 Å². The quantitative estimate of drug-likeness (QED) is 0.657. The fourth-order valence-electron chi connectivity index (χ4n) is 0.730. The van der Waals surface area contributed by atoms with E-state index in [9.17, 15) is 4.79 Å². The van der Waals surface area contributed by atoms with Gasteiger partial charge in [0.1, 0.15) is 18.1 Å². The topological polar surface area (TPSA) is 70.7 Å². The Morgan fingerprint density at radius 3 is 2.67 bits per heavy atom. The van der Waals surface area contributed by atoms with E-state index < -0.39 is 5.97 Å². The fourth-order valence-corrected chi connectivity index (χ4v) is 0.730. The Labute approximate surface area is 68.7 Å². The van der Waals surface area contributed by atoms with Crippen molar-refractivity contribution in [3.63, 3.8) is 0 Å². The largest absolute Gasteiger partial charge is 0.478 e. The molecule has 1 rings (SSSR count). The zero-order valence-corrected chi connectivity index (χ0v) is 6.28. The van der Waals surface area contributed by atoms with Gasteiger partial charge in [-0.15, -0.1) is 0 Å². The summed E-state index contributed by atoms with van der Waals surface area (Å²) >= 11 is 0. The Kier molecular flexibility index (Phi) is 2.30. The first kappa shape index (κ1) is 8.55. The molecule has 64 valence electrons. The van der Waals surface area contributed by atoms with Crippen LogP contribution in [0.2, 0.25) is 0 Å². The minimum atomic E-state index is -1.13. The Balaban J connectivity index is 2.89. The lowest BCUT2D eigenvalue weighted by atomic mass is 10.2. The maximum absolute atomic E-state index is 10.4. The third-order valence-electron chi connectivity index (χ3n) is 1.37. The minimum absolute atomic E-state index is 0.116. The van der Waals surface area contributed by atoms with Crippen molar-refractivity contribution in [3.8, 4) is 0 Å². The highest BCUT2D eigenvalue weighted by molar-refractivity contribution is 6.13. The van der Waals surface area contributed by atoms with Gasteiger partial charge >= 0.3 is 5.97 Å². The van der Waals surface area contributed by atoms with E-state index in [4.69, 9.17) is 14.6 Å². The number of aliphatic hydroxyl groups excluding tert-OH is 1. The predicted octanol–water partition coefficient (Wildman–Crippen LogP) is 0.870. The van der Waals surface area contributed by atoms with Gasteiger partial charge in [-0.1, -0.05) is 6.58 Å². The molecule has 0 fully saturated rings. The second-order valence-corrected chi connectivity index (χ2v) is 2.21. The van der Waals surface area contributed by atoms with E-state index in [0.29, 0.717) is 5.76 Å². The molecule has 4 nitrogen and oxygen atoms in total. The van der Waals surface area contributed by atoms with E-state index in [1.165, 1.54) is 12.1 Å². The molecule has 0 radical (unpaired) electrons. The van der Waals surface area contributed by atoms with Crippen LogP contribution in [0.15, 0.2) is 23.1 Å². The van der Waals surface area contributed by atoms with E-state index in [0.717, 1.165) is 0 Å². The molecule has 0 bridgehead atoms. The monoisotopic (exact) mass is 168 g/mol. The summed E-state index contributed by atoms with van der Waals surface area (Å²) in [6, 6.07) is 2.96. The third-order valence-corrected chi connectivity index (χ3v) is 1.37. The van der Waals surface area contributed by atoms with Crippen molar-refractivity contribution >= 4 is 11.5 Å². The van der Waals surface area contributed by atoms with Gasteiger partial charge in [0.25, 0.3) is 0 Å². The Bertz CT molecular complexity index is 311. The molecular weight excluding hydrogens is 160 g/mol. The lowest BCUT2D eigenvalue weighted by Gasteiger charge is -1.93. The molecule has 0 saturated heterocycles. The summed E-state index contributed by atoms with van der Waals surface area (Å²) in [6.45, 7) is 3.05. The summed E-state index contributed by atoms with van der Waals surface area (Å²) in [5, 5.41) is 17.1. The van der Waals surface area contributed by atoms with Gasteiger partial charge in [0.15, 0.2) is 0 Å². The third kappa shape index (κ3) is 1.54. The molecule has 12 heavy (non-hydrogen) atoms. The number of aliphatic carboxylic acids is 1. The first-order chi connectivity index (χ1) is 5.65. The summed E-state index contributed by atoms with van der Waals surface area (Å²) in [5.41, 5.74) is -0.116. The van der Waals surface area contributed by atoms with Crippen molar-refractivity contribution in [1.29, 1.82) is 0 Å². The smallest absolute Gasteiger partial charge is 0.338 e.